The highest BCUT2D eigenvalue weighted by Crippen LogP contribution is 2.37. The lowest BCUT2D eigenvalue weighted by atomic mass is 9.94. The van der Waals surface area contributed by atoms with Crippen molar-refractivity contribution in [1.29, 1.82) is 0 Å². The molecule has 0 aromatic heterocycles. The predicted octanol–water partition coefficient (Wildman–Crippen LogP) is 3.54. The van der Waals surface area contributed by atoms with E-state index in [1.165, 1.54) is 6.07 Å². The van der Waals surface area contributed by atoms with Crippen LogP contribution in [-0.2, 0) is 10.9 Å². The van der Waals surface area contributed by atoms with Crippen molar-refractivity contribution in [1.82, 2.24) is 0 Å². The maximum Gasteiger partial charge on any atom is 0.416 e. The van der Waals surface area contributed by atoms with E-state index in [9.17, 15) is 18.3 Å². The van der Waals surface area contributed by atoms with Crippen LogP contribution in [0, 0.1) is 5.92 Å². The molecule has 1 saturated heterocycles. The minimum absolute atomic E-state index is 0.148. The first-order chi connectivity index (χ1) is 8.39. The molecule has 1 fully saturated rings. The van der Waals surface area contributed by atoms with E-state index in [1.807, 2.05) is 0 Å². The van der Waals surface area contributed by atoms with E-state index < -0.39 is 17.8 Å². The lowest BCUT2D eigenvalue weighted by Gasteiger charge is -2.19. The molecule has 1 aromatic rings. The van der Waals surface area contributed by atoms with Crippen LogP contribution in [0.4, 0.5) is 13.2 Å². The molecule has 2 unspecified atom stereocenters. The smallest absolute Gasteiger partial charge is 0.388 e. The number of halogens is 4. The average molecular weight is 325 g/mol. The minimum Gasteiger partial charge on any atom is -0.388 e. The standard InChI is InChI=1S/C12H12BrF3O2/c13-10-2-1-8(12(14,15)16)5-9(10)11(17)7-3-4-18-6-7/h1-2,5,7,11,17H,3-4,6H2. The molecule has 6 heteroatoms. The first-order valence-corrected chi connectivity index (χ1v) is 6.31. The zero-order valence-electron chi connectivity index (χ0n) is 9.38. The summed E-state index contributed by atoms with van der Waals surface area (Å²) < 4.78 is 43.5. The van der Waals surface area contributed by atoms with E-state index in [-0.39, 0.29) is 11.5 Å². The fourth-order valence-corrected chi connectivity index (χ4v) is 2.48. The summed E-state index contributed by atoms with van der Waals surface area (Å²) in [6.45, 7) is 0.919. The van der Waals surface area contributed by atoms with Gasteiger partial charge in [-0.15, -0.1) is 0 Å². The highest BCUT2D eigenvalue weighted by molar-refractivity contribution is 9.10. The summed E-state index contributed by atoms with van der Waals surface area (Å²) in [5.41, 5.74) is -0.487. The maximum absolute atomic E-state index is 12.6. The second-order valence-corrected chi connectivity index (χ2v) is 5.16. The number of aliphatic hydroxyl groups excluding tert-OH is 1. The van der Waals surface area contributed by atoms with Gasteiger partial charge in [0.1, 0.15) is 0 Å². The van der Waals surface area contributed by atoms with E-state index in [0.29, 0.717) is 24.1 Å². The molecule has 1 heterocycles. The first kappa shape index (κ1) is 13.8. The molecule has 0 saturated carbocycles. The topological polar surface area (TPSA) is 29.5 Å². The van der Waals surface area contributed by atoms with Crippen molar-refractivity contribution in [3.05, 3.63) is 33.8 Å². The van der Waals surface area contributed by atoms with Gasteiger partial charge in [-0.2, -0.15) is 13.2 Å². The van der Waals surface area contributed by atoms with Crippen molar-refractivity contribution in [3.63, 3.8) is 0 Å². The van der Waals surface area contributed by atoms with E-state index >= 15 is 0 Å². The number of benzene rings is 1. The summed E-state index contributed by atoms with van der Waals surface area (Å²) in [6, 6.07) is 3.30. The molecule has 1 aliphatic heterocycles. The lowest BCUT2D eigenvalue weighted by Crippen LogP contribution is -2.14. The van der Waals surface area contributed by atoms with Gasteiger partial charge in [0.25, 0.3) is 0 Å². The van der Waals surface area contributed by atoms with Gasteiger partial charge in [0.2, 0.25) is 0 Å². The third-order valence-electron chi connectivity index (χ3n) is 3.05. The van der Waals surface area contributed by atoms with Crippen LogP contribution in [0.2, 0.25) is 0 Å². The van der Waals surface area contributed by atoms with Gasteiger partial charge in [0.05, 0.1) is 18.3 Å². The molecular formula is C12H12BrF3O2. The van der Waals surface area contributed by atoms with Crippen molar-refractivity contribution in [2.24, 2.45) is 5.92 Å². The predicted molar refractivity (Wildman–Crippen MR) is 63.0 cm³/mol. The third kappa shape index (κ3) is 2.87. The van der Waals surface area contributed by atoms with Crippen molar-refractivity contribution >= 4 is 15.9 Å². The summed E-state index contributed by atoms with van der Waals surface area (Å²) in [6.07, 6.45) is -4.69. The number of rotatable bonds is 2. The van der Waals surface area contributed by atoms with Gasteiger partial charge in [-0.25, -0.2) is 0 Å². The minimum atomic E-state index is -4.40. The fraction of sp³-hybridized carbons (Fsp3) is 0.500. The van der Waals surface area contributed by atoms with Crippen molar-refractivity contribution in [2.75, 3.05) is 13.2 Å². The molecule has 1 aliphatic rings. The maximum atomic E-state index is 12.6. The van der Waals surface area contributed by atoms with E-state index in [2.05, 4.69) is 15.9 Å². The summed E-state index contributed by atoms with van der Waals surface area (Å²) >= 11 is 3.18. The molecule has 1 N–H and O–H groups in total. The Hall–Kier alpha value is -0.590. The zero-order chi connectivity index (χ0) is 13.3. The molecule has 2 rings (SSSR count). The van der Waals surface area contributed by atoms with E-state index in [0.717, 1.165) is 12.1 Å². The van der Waals surface area contributed by atoms with Gasteiger partial charge in [-0.05, 0) is 30.2 Å². The number of aliphatic hydroxyl groups is 1. The van der Waals surface area contributed by atoms with Crippen LogP contribution in [0.1, 0.15) is 23.7 Å². The van der Waals surface area contributed by atoms with Crippen LogP contribution in [-0.4, -0.2) is 18.3 Å². The van der Waals surface area contributed by atoms with Crippen LogP contribution < -0.4 is 0 Å². The number of ether oxygens (including phenoxy) is 1. The van der Waals surface area contributed by atoms with Crippen molar-refractivity contribution < 1.29 is 23.0 Å². The summed E-state index contributed by atoms with van der Waals surface area (Å²) in [5.74, 6) is -0.148. The molecule has 18 heavy (non-hydrogen) atoms. The number of alkyl halides is 3. The van der Waals surface area contributed by atoms with Gasteiger partial charge in [0, 0.05) is 17.0 Å². The Morgan fingerprint density at radius 3 is 2.67 bits per heavy atom. The van der Waals surface area contributed by atoms with E-state index in [4.69, 9.17) is 4.74 Å². The molecule has 0 amide bonds. The zero-order valence-corrected chi connectivity index (χ0v) is 11.0. The summed E-state index contributed by atoms with van der Waals surface area (Å²) in [5, 5.41) is 10.1. The van der Waals surface area contributed by atoms with Crippen LogP contribution in [0.25, 0.3) is 0 Å². The molecule has 2 atom stereocenters. The van der Waals surface area contributed by atoms with Crippen LogP contribution >= 0.6 is 15.9 Å². The average Bonchev–Trinajstić information content (AvgIpc) is 2.80. The van der Waals surface area contributed by atoms with Gasteiger partial charge < -0.3 is 9.84 Å². The summed E-state index contributed by atoms with van der Waals surface area (Å²) in [4.78, 5) is 0. The molecule has 100 valence electrons. The molecule has 0 aliphatic carbocycles. The Balaban J connectivity index is 2.31. The van der Waals surface area contributed by atoms with Gasteiger partial charge in [0.15, 0.2) is 0 Å². The molecule has 2 nitrogen and oxygen atoms in total. The largest absolute Gasteiger partial charge is 0.416 e. The Bertz CT molecular complexity index is 428. The Kier molecular flexibility index (Phi) is 3.99. The van der Waals surface area contributed by atoms with Crippen LogP contribution in [0.15, 0.2) is 22.7 Å². The van der Waals surface area contributed by atoms with Gasteiger partial charge >= 0.3 is 6.18 Å². The fourth-order valence-electron chi connectivity index (χ4n) is 2.00. The third-order valence-corrected chi connectivity index (χ3v) is 3.78. The lowest BCUT2D eigenvalue weighted by molar-refractivity contribution is -0.137. The normalized spacial score (nSPS) is 22.2. The quantitative estimate of drug-likeness (QED) is 0.901. The van der Waals surface area contributed by atoms with Crippen molar-refractivity contribution in [2.45, 2.75) is 18.7 Å². The van der Waals surface area contributed by atoms with Crippen molar-refractivity contribution in [3.8, 4) is 0 Å². The Morgan fingerprint density at radius 2 is 2.11 bits per heavy atom. The number of hydrogen-bond acceptors (Lipinski definition) is 2. The Labute approximate surface area is 111 Å². The first-order valence-electron chi connectivity index (χ1n) is 5.52. The van der Waals surface area contributed by atoms with Crippen LogP contribution in [0.3, 0.4) is 0 Å². The van der Waals surface area contributed by atoms with E-state index in [1.54, 1.807) is 0 Å². The highest BCUT2D eigenvalue weighted by Gasteiger charge is 2.33. The molecule has 0 bridgehead atoms. The molecular weight excluding hydrogens is 313 g/mol. The second kappa shape index (κ2) is 5.19. The monoisotopic (exact) mass is 324 g/mol. The van der Waals surface area contributed by atoms with Gasteiger partial charge in [-0.1, -0.05) is 15.9 Å². The molecule has 1 aromatic carbocycles. The molecule has 0 radical (unpaired) electrons. The molecule has 0 spiro atoms. The van der Waals surface area contributed by atoms with Gasteiger partial charge in [-0.3, -0.25) is 0 Å². The number of hydrogen-bond donors (Lipinski definition) is 1. The highest BCUT2D eigenvalue weighted by atomic mass is 79.9. The Morgan fingerprint density at radius 1 is 1.39 bits per heavy atom. The second-order valence-electron chi connectivity index (χ2n) is 4.30. The summed E-state index contributed by atoms with van der Waals surface area (Å²) in [7, 11) is 0. The SMILES string of the molecule is OC(c1cc(C(F)(F)F)ccc1Br)C1CCOC1. The van der Waals surface area contributed by atoms with Crippen LogP contribution in [0.5, 0.6) is 0 Å².